The number of fused-ring (bicyclic) bond motifs is 2. The Hall–Kier alpha value is -2.91. The molecule has 2 aromatic carbocycles. The van der Waals surface area contributed by atoms with Crippen molar-refractivity contribution in [3.8, 4) is 0 Å². The minimum Gasteiger partial charge on any atom is -0.408 e. The molecule has 9 heteroatoms. The van der Waals surface area contributed by atoms with Gasteiger partial charge in [0.05, 0.1) is 10.4 Å². The zero-order valence-corrected chi connectivity index (χ0v) is 16.0. The van der Waals surface area contributed by atoms with E-state index in [2.05, 4.69) is 5.32 Å². The molecule has 2 heterocycles. The van der Waals surface area contributed by atoms with Gasteiger partial charge in [-0.1, -0.05) is 24.3 Å². The van der Waals surface area contributed by atoms with Crippen molar-refractivity contribution in [1.29, 1.82) is 0 Å². The first-order chi connectivity index (χ1) is 13.4. The molecule has 0 spiro atoms. The van der Waals surface area contributed by atoms with Crippen molar-refractivity contribution in [1.82, 2.24) is 14.2 Å². The summed E-state index contributed by atoms with van der Waals surface area (Å²) in [5.41, 5.74) is 2.65. The molecule has 1 aromatic heterocycles. The van der Waals surface area contributed by atoms with Gasteiger partial charge in [-0.05, 0) is 29.7 Å². The fourth-order valence-electron chi connectivity index (χ4n) is 3.40. The molecule has 4 rings (SSSR count). The van der Waals surface area contributed by atoms with Gasteiger partial charge in [-0.15, -0.1) is 0 Å². The van der Waals surface area contributed by atoms with E-state index in [4.69, 9.17) is 4.42 Å². The van der Waals surface area contributed by atoms with Crippen molar-refractivity contribution in [3.63, 3.8) is 0 Å². The topological polar surface area (TPSA) is 102 Å². The van der Waals surface area contributed by atoms with Gasteiger partial charge in [0, 0.05) is 26.2 Å². The van der Waals surface area contributed by atoms with Gasteiger partial charge in [-0.25, -0.2) is 13.2 Å². The standard InChI is InChI=1S/C19H19N3O5S/c1-20-18(23)12-22-16-7-6-15(10-17(16)27-19(22)24)28(25,26)21-9-8-13-4-2-3-5-14(13)11-21/h2-7,10H,8-9,11-12H2,1H3,(H,20,23). The van der Waals surface area contributed by atoms with Crippen molar-refractivity contribution >= 4 is 27.0 Å². The number of aromatic nitrogens is 1. The summed E-state index contributed by atoms with van der Waals surface area (Å²) in [5, 5.41) is 2.44. The minimum absolute atomic E-state index is 0.0558. The van der Waals surface area contributed by atoms with Crippen LogP contribution in [0.1, 0.15) is 11.1 Å². The van der Waals surface area contributed by atoms with Crippen LogP contribution in [0.4, 0.5) is 0 Å². The van der Waals surface area contributed by atoms with Crippen molar-refractivity contribution in [2.24, 2.45) is 0 Å². The maximum absolute atomic E-state index is 13.1. The first-order valence-electron chi connectivity index (χ1n) is 8.81. The normalized spacial score (nSPS) is 14.8. The lowest BCUT2D eigenvalue weighted by atomic mass is 10.0. The molecular weight excluding hydrogens is 382 g/mol. The molecule has 0 saturated carbocycles. The van der Waals surface area contributed by atoms with Crippen molar-refractivity contribution in [2.75, 3.05) is 13.6 Å². The maximum atomic E-state index is 13.1. The van der Waals surface area contributed by atoms with Crippen LogP contribution in [0.5, 0.6) is 0 Å². The first-order valence-corrected chi connectivity index (χ1v) is 10.2. The molecule has 146 valence electrons. The molecule has 1 aliphatic rings. The molecule has 1 amide bonds. The predicted octanol–water partition coefficient (Wildman–Crippen LogP) is 1.09. The second-order valence-corrected chi connectivity index (χ2v) is 8.55. The Morgan fingerprint density at radius 2 is 1.93 bits per heavy atom. The van der Waals surface area contributed by atoms with Gasteiger partial charge in [-0.2, -0.15) is 4.31 Å². The summed E-state index contributed by atoms with van der Waals surface area (Å²) >= 11 is 0. The summed E-state index contributed by atoms with van der Waals surface area (Å²) in [6, 6.07) is 12.1. The molecule has 0 unspecified atom stereocenters. The molecule has 1 N–H and O–H groups in total. The zero-order chi connectivity index (χ0) is 19.9. The Morgan fingerprint density at radius 1 is 1.18 bits per heavy atom. The van der Waals surface area contributed by atoms with Crippen molar-refractivity contribution in [3.05, 3.63) is 64.1 Å². The molecule has 0 saturated heterocycles. The van der Waals surface area contributed by atoms with Crippen LogP contribution in [0.3, 0.4) is 0 Å². The van der Waals surface area contributed by atoms with Crippen LogP contribution < -0.4 is 11.1 Å². The lowest BCUT2D eigenvalue weighted by Crippen LogP contribution is -2.35. The van der Waals surface area contributed by atoms with E-state index in [0.29, 0.717) is 25.0 Å². The predicted molar refractivity (Wildman–Crippen MR) is 102 cm³/mol. The lowest BCUT2D eigenvalue weighted by Gasteiger charge is -2.28. The average Bonchev–Trinajstić information content (AvgIpc) is 3.01. The Labute approximate surface area is 161 Å². The molecule has 0 radical (unpaired) electrons. The highest BCUT2D eigenvalue weighted by molar-refractivity contribution is 7.89. The Bertz CT molecular complexity index is 1230. The van der Waals surface area contributed by atoms with E-state index in [0.717, 1.165) is 11.1 Å². The second kappa shape index (κ2) is 6.92. The average molecular weight is 401 g/mol. The number of likely N-dealkylation sites (N-methyl/N-ethyl adjacent to an activating group) is 1. The number of nitrogens with zero attached hydrogens (tertiary/aromatic N) is 2. The second-order valence-electron chi connectivity index (χ2n) is 6.61. The highest BCUT2D eigenvalue weighted by Gasteiger charge is 2.29. The summed E-state index contributed by atoms with van der Waals surface area (Å²) in [6.45, 7) is 0.495. The molecule has 0 bridgehead atoms. The SMILES string of the molecule is CNC(=O)Cn1c(=O)oc2cc(S(=O)(=O)N3CCc4ccccc4C3)ccc21. The zero-order valence-electron chi connectivity index (χ0n) is 15.2. The number of sulfonamides is 1. The van der Waals surface area contributed by atoms with Crippen LogP contribution in [0.2, 0.25) is 0 Å². The number of rotatable bonds is 4. The highest BCUT2D eigenvalue weighted by Crippen LogP contribution is 2.26. The summed E-state index contributed by atoms with van der Waals surface area (Å²) in [7, 11) is -2.28. The summed E-state index contributed by atoms with van der Waals surface area (Å²) in [4.78, 5) is 23.7. The van der Waals surface area contributed by atoms with Crippen LogP contribution in [-0.2, 0) is 34.3 Å². The van der Waals surface area contributed by atoms with Gasteiger partial charge in [0.25, 0.3) is 0 Å². The third-order valence-corrected chi connectivity index (χ3v) is 6.79. The molecule has 0 aliphatic carbocycles. The van der Waals surface area contributed by atoms with Gasteiger partial charge in [0.1, 0.15) is 6.54 Å². The largest absolute Gasteiger partial charge is 0.420 e. The van der Waals surface area contributed by atoms with Crippen LogP contribution >= 0.6 is 0 Å². The number of nitrogens with one attached hydrogen (secondary N) is 1. The van der Waals surface area contributed by atoms with Crippen molar-refractivity contribution in [2.45, 2.75) is 24.4 Å². The number of benzene rings is 2. The number of hydrogen-bond donors (Lipinski definition) is 1. The number of carbonyl (C=O) groups excluding carboxylic acids is 1. The highest BCUT2D eigenvalue weighted by atomic mass is 32.2. The number of oxazole rings is 1. The van der Waals surface area contributed by atoms with Gasteiger partial charge in [0.2, 0.25) is 15.9 Å². The van der Waals surface area contributed by atoms with E-state index in [9.17, 15) is 18.0 Å². The molecule has 0 fully saturated rings. The number of carbonyl (C=O) groups is 1. The van der Waals surface area contributed by atoms with Crippen LogP contribution in [0.15, 0.2) is 56.6 Å². The van der Waals surface area contributed by atoms with Gasteiger partial charge >= 0.3 is 5.76 Å². The molecule has 3 aromatic rings. The van der Waals surface area contributed by atoms with E-state index < -0.39 is 15.8 Å². The lowest BCUT2D eigenvalue weighted by molar-refractivity contribution is -0.121. The number of hydrogen-bond acceptors (Lipinski definition) is 5. The third kappa shape index (κ3) is 3.12. The third-order valence-electron chi connectivity index (χ3n) is 4.95. The van der Waals surface area contributed by atoms with Crippen LogP contribution in [-0.4, -0.2) is 36.8 Å². The van der Waals surface area contributed by atoms with Gasteiger partial charge < -0.3 is 9.73 Å². The Morgan fingerprint density at radius 3 is 2.68 bits per heavy atom. The smallest absolute Gasteiger partial charge is 0.408 e. The first kappa shape index (κ1) is 18.5. The fraction of sp³-hybridized carbons (Fsp3) is 0.263. The summed E-state index contributed by atoms with van der Waals surface area (Å²) < 4.78 is 33.9. The van der Waals surface area contributed by atoms with E-state index in [1.54, 1.807) is 0 Å². The van der Waals surface area contributed by atoms with Gasteiger partial charge in [-0.3, -0.25) is 9.36 Å². The molecule has 28 heavy (non-hydrogen) atoms. The molecule has 0 atom stereocenters. The van der Waals surface area contributed by atoms with Crippen molar-refractivity contribution < 1.29 is 17.6 Å². The Kier molecular flexibility index (Phi) is 4.56. The Balaban J connectivity index is 1.69. The maximum Gasteiger partial charge on any atom is 0.420 e. The van der Waals surface area contributed by atoms with E-state index in [-0.39, 0.29) is 22.9 Å². The van der Waals surface area contributed by atoms with E-state index in [1.165, 1.54) is 34.1 Å². The quantitative estimate of drug-likeness (QED) is 0.705. The molecule has 1 aliphatic heterocycles. The van der Waals surface area contributed by atoms with Crippen LogP contribution in [0, 0.1) is 0 Å². The minimum atomic E-state index is -3.74. The van der Waals surface area contributed by atoms with Gasteiger partial charge in [0.15, 0.2) is 5.58 Å². The van der Waals surface area contributed by atoms with E-state index in [1.807, 2.05) is 24.3 Å². The van der Waals surface area contributed by atoms with Crippen LogP contribution in [0.25, 0.3) is 11.1 Å². The summed E-state index contributed by atoms with van der Waals surface area (Å²) in [5.74, 6) is -1.06. The summed E-state index contributed by atoms with van der Waals surface area (Å²) in [6.07, 6.45) is 0.648. The number of amides is 1. The van der Waals surface area contributed by atoms with E-state index >= 15 is 0 Å². The molecular formula is C19H19N3O5S. The monoisotopic (exact) mass is 401 g/mol. The fourth-order valence-corrected chi connectivity index (χ4v) is 4.84. The molecule has 8 nitrogen and oxygen atoms in total.